The standard InChI is InChI=1S/C16H16FNO3/c17-12-5-1-3-10-7-13(21-16(10)12)15(19)14-8-18-6-2-4-11(18)9-20-14/h1,3,5,7,11,14H,2,4,6,8-9H2. The number of benzene rings is 1. The normalized spacial score (nSPS) is 26.1. The zero-order valence-electron chi connectivity index (χ0n) is 11.5. The molecule has 0 bridgehead atoms. The Bertz CT molecular complexity index is 696. The number of hydrogen-bond donors (Lipinski definition) is 0. The summed E-state index contributed by atoms with van der Waals surface area (Å²) in [5.74, 6) is -0.468. The first-order valence-electron chi connectivity index (χ1n) is 7.30. The summed E-state index contributed by atoms with van der Waals surface area (Å²) in [6.45, 7) is 2.21. The van der Waals surface area contributed by atoms with E-state index in [-0.39, 0.29) is 17.1 Å². The Kier molecular flexibility index (Phi) is 3.05. The van der Waals surface area contributed by atoms with Crippen LogP contribution < -0.4 is 0 Å². The van der Waals surface area contributed by atoms with Crippen LogP contribution in [0.4, 0.5) is 4.39 Å². The highest BCUT2D eigenvalue weighted by Crippen LogP contribution is 2.27. The second kappa shape index (κ2) is 4.93. The summed E-state index contributed by atoms with van der Waals surface area (Å²) >= 11 is 0. The molecule has 2 aromatic rings. The zero-order chi connectivity index (χ0) is 14.4. The highest BCUT2D eigenvalue weighted by atomic mass is 19.1. The smallest absolute Gasteiger partial charge is 0.227 e. The second-order valence-electron chi connectivity index (χ2n) is 5.75. The minimum atomic E-state index is -0.511. The number of Topliss-reactive ketones (excluding diaryl/α,β-unsaturated/α-hetero) is 1. The number of halogens is 1. The van der Waals surface area contributed by atoms with Crippen LogP contribution in [0.1, 0.15) is 23.4 Å². The van der Waals surface area contributed by atoms with Gasteiger partial charge in [0.15, 0.2) is 17.2 Å². The molecule has 5 heteroatoms. The number of hydrogen-bond acceptors (Lipinski definition) is 4. The number of fused-ring (bicyclic) bond motifs is 2. The summed E-state index contributed by atoms with van der Waals surface area (Å²) < 4.78 is 24.7. The fourth-order valence-electron chi connectivity index (χ4n) is 3.28. The molecule has 0 saturated carbocycles. The van der Waals surface area contributed by atoms with Crippen molar-refractivity contribution in [3.05, 3.63) is 35.8 Å². The van der Waals surface area contributed by atoms with Crippen molar-refractivity contribution >= 4 is 16.8 Å². The van der Waals surface area contributed by atoms with Gasteiger partial charge in [-0.2, -0.15) is 0 Å². The molecule has 2 unspecified atom stereocenters. The third kappa shape index (κ3) is 2.17. The third-order valence-corrected chi connectivity index (χ3v) is 4.42. The van der Waals surface area contributed by atoms with Gasteiger partial charge in [-0.05, 0) is 31.5 Å². The van der Waals surface area contributed by atoms with E-state index in [1.807, 2.05) is 0 Å². The lowest BCUT2D eigenvalue weighted by Gasteiger charge is -2.33. The lowest BCUT2D eigenvalue weighted by molar-refractivity contribution is -0.0354. The predicted molar refractivity (Wildman–Crippen MR) is 74.8 cm³/mol. The van der Waals surface area contributed by atoms with E-state index in [9.17, 15) is 9.18 Å². The van der Waals surface area contributed by atoms with Crippen molar-refractivity contribution in [3.8, 4) is 0 Å². The van der Waals surface area contributed by atoms with Gasteiger partial charge >= 0.3 is 0 Å². The minimum absolute atomic E-state index is 0.135. The van der Waals surface area contributed by atoms with Gasteiger partial charge < -0.3 is 9.15 Å². The number of carbonyl (C=O) groups is 1. The molecule has 2 saturated heterocycles. The van der Waals surface area contributed by atoms with Crippen molar-refractivity contribution in [2.75, 3.05) is 19.7 Å². The van der Waals surface area contributed by atoms with E-state index in [1.165, 1.54) is 6.07 Å². The van der Waals surface area contributed by atoms with Gasteiger partial charge in [0, 0.05) is 18.0 Å². The Morgan fingerprint density at radius 1 is 1.38 bits per heavy atom. The lowest BCUT2D eigenvalue weighted by atomic mass is 10.1. The van der Waals surface area contributed by atoms with Gasteiger partial charge in [0.25, 0.3) is 0 Å². The van der Waals surface area contributed by atoms with Gasteiger partial charge in [-0.25, -0.2) is 4.39 Å². The molecule has 1 aromatic heterocycles. The Balaban J connectivity index is 1.59. The van der Waals surface area contributed by atoms with Crippen molar-refractivity contribution in [2.24, 2.45) is 0 Å². The molecule has 0 N–H and O–H groups in total. The fraction of sp³-hybridized carbons (Fsp3) is 0.438. The number of ether oxygens (including phenoxy) is 1. The van der Waals surface area contributed by atoms with Crippen molar-refractivity contribution < 1.29 is 18.3 Å². The number of morpholine rings is 1. The molecule has 2 atom stereocenters. The molecule has 0 radical (unpaired) electrons. The first-order valence-corrected chi connectivity index (χ1v) is 7.30. The van der Waals surface area contributed by atoms with Crippen LogP contribution >= 0.6 is 0 Å². The maximum absolute atomic E-state index is 13.6. The highest BCUT2D eigenvalue weighted by molar-refractivity contribution is 6.00. The van der Waals surface area contributed by atoms with Crippen LogP contribution in [0.3, 0.4) is 0 Å². The minimum Gasteiger partial charge on any atom is -0.450 e. The molecule has 0 spiro atoms. The van der Waals surface area contributed by atoms with Crippen LogP contribution in [0.5, 0.6) is 0 Å². The third-order valence-electron chi connectivity index (χ3n) is 4.42. The van der Waals surface area contributed by atoms with E-state index in [0.29, 0.717) is 24.6 Å². The molecule has 3 heterocycles. The molecule has 4 nitrogen and oxygen atoms in total. The maximum Gasteiger partial charge on any atom is 0.227 e. The Morgan fingerprint density at radius 3 is 3.14 bits per heavy atom. The molecule has 21 heavy (non-hydrogen) atoms. The average molecular weight is 289 g/mol. The summed E-state index contributed by atoms with van der Waals surface area (Å²) in [5.41, 5.74) is 0.135. The predicted octanol–water partition coefficient (Wildman–Crippen LogP) is 2.62. The van der Waals surface area contributed by atoms with E-state index in [2.05, 4.69) is 4.90 Å². The number of ketones is 1. The van der Waals surface area contributed by atoms with Gasteiger partial charge in [-0.3, -0.25) is 9.69 Å². The van der Waals surface area contributed by atoms with E-state index in [0.717, 1.165) is 19.4 Å². The van der Waals surface area contributed by atoms with Crippen LogP contribution in [0.15, 0.2) is 28.7 Å². The number of carbonyl (C=O) groups excluding carboxylic acids is 1. The van der Waals surface area contributed by atoms with E-state index < -0.39 is 11.9 Å². The number of para-hydroxylation sites is 1. The van der Waals surface area contributed by atoms with Crippen molar-refractivity contribution in [1.82, 2.24) is 4.90 Å². The molecule has 4 rings (SSSR count). The first kappa shape index (κ1) is 13.0. The molecule has 2 fully saturated rings. The molecule has 0 aliphatic carbocycles. The summed E-state index contributed by atoms with van der Waals surface area (Å²) in [5, 5.41) is 0.605. The molecule has 2 aliphatic heterocycles. The van der Waals surface area contributed by atoms with Gasteiger partial charge in [0.1, 0.15) is 6.10 Å². The van der Waals surface area contributed by atoms with Crippen LogP contribution in [0.25, 0.3) is 11.0 Å². The van der Waals surface area contributed by atoms with Crippen molar-refractivity contribution in [2.45, 2.75) is 25.0 Å². The van der Waals surface area contributed by atoms with Gasteiger partial charge in [-0.1, -0.05) is 12.1 Å². The van der Waals surface area contributed by atoms with Gasteiger partial charge in [0.05, 0.1) is 6.61 Å². The maximum atomic E-state index is 13.6. The molecular weight excluding hydrogens is 273 g/mol. The van der Waals surface area contributed by atoms with Crippen molar-refractivity contribution in [1.29, 1.82) is 0 Å². The Labute approximate surface area is 121 Å². The quantitative estimate of drug-likeness (QED) is 0.797. The average Bonchev–Trinajstić information content (AvgIpc) is 3.12. The molecular formula is C16H16FNO3. The summed E-state index contributed by atoms with van der Waals surface area (Å²) in [4.78, 5) is 14.8. The Morgan fingerprint density at radius 2 is 2.29 bits per heavy atom. The summed E-state index contributed by atoms with van der Waals surface area (Å²) in [6, 6.07) is 6.71. The molecule has 0 amide bonds. The van der Waals surface area contributed by atoms with Crippen molar-refractivity contribution in [3.63, 3.8) is 0 Å². The van der Waals surface area contributed by atoms with Gasteiger partial charge in [0.2, 0.25) is 5.78 Å². The highest BCUT2D eigenvalue weighted by Gasteiger charge is 2.36. The second-order valence-corrected chi connectivity index (χ2v) is 5.75. The van der Waals surface area contributed by atoms with E-state index in [1.54, 1.807) is 18.2 Å². The molecule has 2 aliphatic rings. The lowest BCUT2D eigenvalue weighted by Crippen LogP contribution is -2.49. The molecule has 1 aromatic carbocycles. The summed E-state index contributed by atoms with van der Waals surface area (Å²) in [7, 11) is 0. The number of nitrogens with zero attached hydrogens (tertiary/aromatic N) is 1. The topological polar surface area (TPSA) is 42.7 Å². The number of furan rings is 1. The Hall–Kier alpha value is -1.72. The van der Waals surface area contributed by atoms with E-state index in [4.69, 9.17) is 9.15 Å². The molecule has 110 valence electrons. The van der Waals surface area contributed by atoms with E-state index >= 15 is 0 Å². The monoisotopic (exact) mass is 289 g/mol. The fourth-order valence-corrected chi connectivity index (χ4v) is 3.28. The first-order chi connectivity index (χ1) is 10.2. The van der Waals surface area contributed by atoms with Crippen LogP contribution in [0.2, 0.25) is 0 Å². The SMILES string of the molecule is O=C(c1cc2cccc(F)c2o1)C1CN2CCCC2CO1. The summed E-state index contributed by atoms with van der Waals surface area (Å²) in [6.07, 6.45) is 1.78. The largest absolute Gasteiger partial charge is 0.450 e. The number of rotatable bonds is 2. The van der Waals surface area contributed by atoms with Crippen LogP contribution in [-0.4, -0.2) is 42.5 Å². The van der Waals surface area contributed by atoms with Crippen LogP contribution in [-0.2, 0) is 4.74 Å². The van der Waals surface area contributed by atoms with Gasteiger partial charge in [-0.15, -0.1) is 0 Å². The zero-order valence-corrected chi connectivity index (χ0v) is 11.5. The van der Waals surface area contributed by atoms with Crippen LogP contribution in [0, 0.1) is 5.82 Å².